The summed E-state index contributed by atoms with van der Waals surface area (Å²) in [6.07, 6.45) is 10.4. The van der Waals surface area contributed by atoms with Crippen LogP contribution in [-0.2, 0) is 19.1 Å². The average molecular weight is 477 g/mol. The van der Waals surface area contributed by atoms with Gasteiger partial charge >= 0.3 is 5.97 Å². The molecule has 2 amide bonds. The van der Waals surface area contributed by atoms with Crippen LogP contribution in [0.5, 0.6) is 0 Å². The molecule has 4 aliphatic heterocycles. The molecular formula is C25H36N2O5S. The zero-order valence-corrected chi connectivity index (χ0v) is 20.8. The number of aliphatic hydroxyl groups excluding tert-OH is 1. The molecule has 1 spiro atoms. The van der Waals surface area contributed by atoms with Gasteiger partial charge in [0.25, 0.3) is 0 Å². The maximum atomic E-state index is 14.2. The molecule has 4 rings (SSSR count). The molecule has 2 fully saturated rings. The minimum Gasteiger partial charge on any atom is -0.461 e. The van der Waals surface area contributed by atoms with E-state index in [0.29, 0.717) is 13.1 Å². The predicted molar refractivity (Wildman–Crippen MR) is 127 cm³/mol. The molecule has 1 N–H and O–H groups in total. The van der Waals surface area contributed by atoms with Crippen molar-refractivity contribution in [1.29, 1.82) is 0 Å². The van der Waals surface area contributed by atoms with Crippen molar-refractivity contribution >= 4 is 29.5 Å². The third-order valence-corrected chi connectivity index (χ3v) is 9.76. The number of carbonyl (C=O) groups excluding carboxylic acids is 3. The summed E-state index contributed by atoms with van der Waals surface area (Å²) in [5, 5.41) is 10.4. The fourth-order valence-electron chi connectivity index (χ4n) is 6.06. The molecule has 8 heteroatoms. The molecule has 0 radical (unpaired) electrons. The van der Waals surface area contributed by atoms with Crippen molar-refractivity contribution in [2.24, 2.45) is 17.8 Å². The van der Waals surface area contributed by atoms with Crippen molar-refractivity contribution < 1.29 is 24.2 Å². The second-order valence-electron chi connectivity index (χ2n) is 9.95. The predicted octanol–water partition coefficient (Wildman–Crippen LogP) is 2.39. The van der Waals surface area contributed by atoms with Gasteiger partial charge in [0, 0.05) is 17.8 Å². The lowest BCUT2D eigenvalue weighted by molar-refractivity contribution is -0.153. The van der Waals surface area contributed by atoms with E-state index in [2.05, 4.69) is 6.92 Å². The first-order valence-electron chi connectivity index (χ1n) is 12.2. The smallest absolute Gasteiger partial charge is 0.311 e. The van der Waals surface area contributed by atoms with Crippen LogP contribution in [-0.4, -0.2) is 80.6 Å². The van der Waals surface area contributed by atoms with E-state index in [9.17, 15) is 19.5 Å². The largest absolute Gasteiger partial charge is 0.461 e. The van der Waals surface area contributed by atoms with Gasteiger partial charge in [0.05, 0.1) is 29.2 Å². The van der Waals surface area contributed by atoms with Crippen molar-refractivity contribution in [3.05, 3.63) is 24.3 Å². The molecule has 1 unspecified atom stereocenters. The van der Waals surface area contributed by atoms with E-state index in [4.69, 9.17) is 4.74 Å². The summed E-state index contributed by atoms with van der Waals surface area (Å²) in [5.41, 5.74) is 0. The van der Waals surface area contributed by atoms with E-state index in [1.807, 2.05) is 50.0 Å². The van der Waals surface area contributed by atoms with Crippen molar-refractivity contribution in [3.8, 4) is 0 Å². The number of thioether (sulfide) groups is 1. The maximum Gasteiger partial charge on any atom is 0.311 e. The number of aliphatic hydroxyl groups is 1. The van der Waals surface area contributed by atoms with E-state index in [-0.39, 0.29) is 36.9 Å². The normalized spacial score (nSPS) is 37.2. The number of amides is 2. The molecule has 33 heavy (non-hydrogen) atoms. The van der Waals surface area contributed by atoms with Crippen molar-refractivity contribution in [2.45, 2.75) is 68.5 Å². The lowest BCUT2D eigenvalue weighted by Crippen LogP contribution is -2.58. The quantitative estimate of drug-likeness (QED) is 0.449. The summed E-state index contributed by atoms with van der Waals surface area (Å²) >= 11 is 1.55. The van der Waals surface area contributed by atoms with Crippen molar-refractivity contribution in [3.63, 3.8) is 0 Å². The van der Waals surface area contributed by atoms with E-state index < -0.39 is 33.4 Å². The summed E-state index contributed by atoms with van der Waals surface area (Å²) in [7, 11) is 0. The number of fused-ring (bicyclic) bond motifs is 2. The summed E-state index contributed by atoms with van der Waals surface area (Å²) < 4.78 is 3.93. The average Bonchev–Trinajstić information content (AvgIpc) is 3.05. The van der Waals surface area contributed by atoms with Crippen LogP contribution >= 0.6 is 11.8 Å². The van der Waals surface area contributed by atoms with Gasteiger partial charge in [0.15, 0.2) is 0 Å². The molecule has 4 aliphatic rings. The number of esters is 1. The fourth-order valence-corrected chi connectivity index (χ4v) is 8.20. The van der Waals surface area contributed by atoms with E-state index in [1.54, 1.807) is 16.7 Å². The van der Waals surface area contributed by atoms with Crippen LogP contribution in [0.25, 0.3) is 0 Å². The lowest BCUT2D eigenvalue weighted by atomic mass is 9.75. The summed E-state index contributed by atoms with van der Waals surface area (Å²) in [6.45, 7) is 9.17. The van der Waals surface area contributed by atoms with Gasteiger partial charge in [-0.25, -0.2) is 0 Å². The number of rotatable bonds is 7. The summed E-state index contributed by atoms with van der Waals surface area (Å²) in [6, 6.07) is -1.24. The second kappa shape index (κ2) is 9.10. The highest BCUT2D eigenvalue weighted by molar-refractivity contribution is 8.02. The zero-order chi connectivity index (χ0) is 24.0. The highest BCUT2D eigenvalue weighted by Gasteiger charge is 2.74. The Kier molecular flexibility index (Phi) is 6.71. The van der Waals surface area contributed by atoms with Crippen LogP contribution in [0.1, 0.15) is 47.0 Å². The fraction of sp³-hybridized carbons (Fsp3) is 0.720. The Labute approximate surface area is 200 Å². The van der Waals surface area contributed by atoms with Crippen LogP contribution < -0.4 is 0 Å². The minimum atomic E-state index is -0.879. The van der Waals surface area contributed by atoms with Crippen molar-refractivity contribution in [2.75, 3.05) is 26.3 Å². The molecule has 0 saturated carbocycles. The summed E-state index contributed by atoms with van der Waals surface area (Å²) in [5.74, 6) is -2.08. The Bertz CT molecular complexity index is 875. The molecule has 182 valence electrons. The third kappa shape index (κ3) is 3.64. The molecule has 7 atom stereocenters. The van der Waals surface area contributed by atoms with Gasteiger partial charge in [-0.05, 0) is 25.3 Å². The minimum absolute atomic E-state index is 0.0105. The summed E-state index contributed by atoms with van der Waals surface area (Å²) in [4.78, 5) is 44.9. The number of carbonyl (C=O) groups is 3. The molecular weight excluding hydrogens is 440 g/mol. The van der Waals surface area contributed by atoms with Crippen LogP contribution in [0.2, 0.25) is 0 Å². The van der Waals surface area contributed by atoms with Gasteiger partial charge < -0.3 is 19.6 Å². The monoisotopic (exact) mass is 476 g/mol. The lowest BCUT2D eigenvalue weighted by Gasteiger charge is -2.41. The van der Waals surface area contributed by atoms with Crippen LogP contribution in [0.4, 0.5) is 0 Å². The number of ether oxygens (including phenoxy) is 1. The molecule has 7 nitrogen and oxygen atoms in total. The molecule has 0 aromatic rings. The van der Waals surface area contributed by atoms with Gasteiger partial charge in [0.2, 0.25) is 11.8 Å². The number of cyclic esters (lactones) is 1. The maximum absolute atomic E-state index is 14.2. The Morgan fingerprint density at radius 3 is 2.61 bits per heavy atom. The standard InChI is InChI=1S/C25H36N2O5S/c1-5-7-12-26-13-8-11-25-18(19-23(31)32-14-9-10-24(19,4)33-25)21(29)27(20(25)22(26)30)17(15-28)16(3)6-2/h8-11,16-20,28H,5-7,12-15H2,1-4H3/t16-,17-,18-,19-,20?,24+,25-/m0/s1. The first-order chi connectivity index (χ1) is 15.8. The highest BCUT2D eigenvalue weighted by atomic mass is 32.2. The van der Waals surface area contributed by atoms with Gasteiger partial charge in [-0.3, -0.25) is 14.4 Å². The number of hydrogen-bond acceptors (Lipinski definition) is 6. The molecule has 0 aromatic carbocycles. The SMILES string of the molecule is CCCCN1CC=C[C@]23S[C@]4(C)C=CCOC(=O)[C@@H]4[C@H]2C(=O)N([C@@H](CO)[C@@H](C)CC)C3C1=O. The Morgan fingerprint density at radius 1 is 1.18 bits per heavy atom. The molecule has 0 aromatic heterocycles. The number of nitrogens with zero attached hydrogens (tertiary/aromatic N) is 2. The Morgan fingerprint density at radius 2 is 1.94 bits per heavy atom. The zero-order valence-electron chi connectivity index (χ0n) is 20.0. The Hall–Kier alpha value is -1.80. The van der Waals surface area contributed by atoms with Crippen LogP contribution in [0, 0.1) is 17.8 Å². The third-order valence-electron chi connectivity index (χ3n) is 7.96. The first-order valence-corrected chi connectivity index (χ1v) is 13.0. The van der Waals surface area contributed by atoms with Gasteiger partial charge in [-0.1, -0.05) is 51.8 Å². The topological polar surface area (TPSA) is 87.2 Å². The van der Waals surface area contributed by atoms with E-state index in [0.717, 1.165) is 19.3 Å². The molecule has 0 bridgehead atoms. The van der Waals surface area contributed by atoms with E-state index in [1.165, 1.54) is 0 Å². The van der Waals surface area contributed by atoms with Crippen LogP contribution in [0.3, 0.4) is 0 Å². The first kappa shape index (κ1) is 24.3. The Balaban J connectivity index is 1.87. The van der Waals surface area contributed by atoms with Crippen molar-refractivity contribution in [1.82, 2.24) is 9.80 Å². The second-order valence-corrected chi connectivity index (χ2v) is 11.7. The molecule has 2 saturated heterocycles. The highest BCUT2D eigenvalue weighted by Crippen LogP contribution is 2.65. The number of hydrogen-bond donors (Lipinski definition) is 1. The molecule has 0 aliphatic carbocycles. The van der Waals surface area contributed by atoms with Crippen LogP contribution in [0.15, 0.2) is 24.3 Å². The number of likely N-dealkylation sites (tertiary alicyclic amines) is 1. The van der Waals surface area contributed by atoms with E-state index >= 15 is 0 Å². The number of unbranched alkanes of at least 4 members (excludes halogenated alkanes) is 1. The van der Waals surface area contributed by atoms with Gasteiger partial charge in [-0.2, -0.15) is 0 Å². The molecule has 4 heterocycles. The van der Waals surface area contributed by atoms with Gasteiger partial charge in [0.1, 0.15) is 12.6 Å². The van der Waals surface area contributed by atoms with Gasteiger partial charge in [-0.15, -0.1) is 11.8 Å².